The highest BCUT2D eigenvalue weighted by atomic mass is 32.1. The van der Waals surface area contributed by atoms with Crippen LogP contribution < -0.4 is 0 Å². The van der Waals surface area contributed by atoms with Crippen LogP contribution in [0.2, 0.25) is 0 Å². The lowest BCUT2D eigenvalue weighted by molar-refractivity contribution is -0.136. The van der Waals surface area contributed by atoms with Crippen LogP contribution >= 0.6 is 11.3 Å². The Kier molecular flexibility index (Phi) is 4.84. The Labute approximate surface area is 168 Å². The van der Waals surface area contributed by atoms with Crippen molar-refractivity contribution in [2.45, 2.75) is 45.7 Å². The van der Waals surface area contributed by atoms with Gasteiger partial charge in [0, 0.05) is 19.0 Å². The molecule has 1 amide bonds. The van der Waals surface area contributed by atoms with E-state index in [1.54, 1.807) is 11.8 Å². The Morgan fingerprint density at radius 2 is 2.00 bits per heavy atom. The SMILES string of the molecule is Cc1nc(C)c(C(=O)N2CCCC(c3cc(C(F)(F)F)c4c(C)noc4n3)C2)s1. The van der Waals surface area contributed by atoms with Crippen molar-refractivity contribution in [3.05, 3.63) is 38.6 Å². The largest absolute Gasteiger partial charge is 0.417 e. The molecule has 0 N–H and O–H groups in total. The van der Waals surface area contributed by atoms with E-state index in [1.165, 1.54) is 18.3 Å². The van der Waals surface area contributed by atoms with Gasteiger partial charge in [0.2, 0.25) is 0 Å². The first-order chi connectivity index (χ1) is 13.6. The van der Waals surface area contributed by atoms with E-state index in [1.807, 2.05) is 6.92 Å². The summed E-state index contributed by atoms with van der Waals surface area (Å²) < 4.78 is 45.9. The van der Waals surface area contributed by atoms with Crippen LogP contribution in [-0.4, -0.2) is 39.0 Å². The number of hydrogen-bond donors (Lipinski definition) is 0. The first kappa shape index (κ1) is 19.8. The molecular weight excluding hydrogens is 405 g/mol. The van der Waals surface area contributed by atoms with Gasteiger partial charge >= 0.3 is 6.18 Å². The molecule has 29 heavy (non-hydrogen) atoms. The predicted molar refractivity (Wildman–Crippen MR) is 101 cm³/mol. The third-order valence-electron chi connectivity index (χ3n) is 5.17. The number of hydrogen-bond acceptors (Lipinski definition) is 6. The van der Waals surface area contributed by atoms with Crippen LogP contribution in [0.5, 0.6) is 0 Å². The second-order valence-electron chi connectivity index (χ2n) is 7.28. The molecule has 154 valence electrons. The van der Waals surface area contributed by atoms with Crippen molar-refractivity contribution in [3.8, 4) is 0 Å². The molecule has 3 aromatic rings. The topological polar surface area (TPSA) is 72.1 Å². The monoisotopic (exact) mass is 424 g/mol. The summed E-state index contributed by atoms with van der Waals surface area (Å²) in [6, 6.07) is 1.08. The smallest absolute Gasteiger partial charge is 0.337 e. The summed E-state index contributed by atoms with van der Waals surface area (Å²) in [7, 11) is 0. The molecule has 1 fully saturated rings. The molecule has 10 heteroatoms. The zero-order chi connectivity index (χ0) is 20.9. The van der Waals surface area contributed by atoms with Crippen LogP contribution in [0, 0.1) is 20.8 Å². The number of aryl methyl sites for hydroxylation is 3. The van der Waals surface area contributed by atoms with Crippen molar-refractivity contribution in [1.29, 1.82) is 0 Å². The van der Waals surface area contributed by atoms with Crippen LogP contribution in [0.4, 0.5) is 13.2 Å². The quantitative estimate of drug-likeness (QED) is 0.599. The maximum Gasteiger partial charge on any atom is 0.417 e. The van der Waals surface area contributed by atoms with Gasteiger partial charge < -0.3 is 9.42 Å². The Morgan fingerprint density at radius 3 is 2.66 bits per heavy atom. The molecule has 0 bridgehead atoms. The van der Waals surface area contributed by atoms with Gasteiger partial charge in [-0.25, -0.2) is 9.97 Å². The van der Waals surface area contributed by atoms with Crippen LogP contribution in [0.25, 0.3) is 11.1 Å². The van der Waals surface area contributed by atoms with E-state index in [2.05, 4.69) is 15.1 Å². The first-order valence-electron chi connectivity index (χ1n) is 9.22. The summed E-state index contributed by atoms with van der Waals surface area (Å²) in [5.41, 5.74) is 0.188. The van der Waals surface area contributed by atoms with Crippen molar-refractivity contribution < 1.29 is 22.5 Å². The highest BCUT2D eigenvalue weighted by molar-refractivity contribution is 7.13. The molecule has 1 aliphatic rings. The molecule has 1 unspecified atom stereocenters. The fourth-order valence-electron chi connectivity index (χ4n) is 3.82. The van der Waals surface area contributed by atoms with Gasteiger partial charge in [-0.1, -0.05) is 5.16 Å². The normalized spacial score (nSPS) is 17.9. The maximum absolute atomic E-state index is 13.6. The number of nitrogens with zero attached hydrogens (tertiary/aromatic N) is 4. The third kappa shape index (κ3) is 3.61. The van der Waals surface area contributed by atoms with Crippen molar-refractivity contribution >= 4 is 28.3 Å². The Balaban J connectivity index is 1.67. The highest BCUT2D eigenvalue weighted by Gasteiger charge is 2.37. The number of piperidine rings is 1. The summed E-state index contributed by atoms with van der Waals surface area (Å²) >= 11 is 1.33. The molecule has 0 radical (unpaired) electrons. The number of carbonyl (C=O) groups is 1. The van der Waals surface area contributed by atoms with Gasteiger partial charge in [0.05, 0.1) is 33.0 Å². The number of carbonyl (C=O) groups excluding carboxylic acids is 1. The molecule has 1 aliphatic heterocycles. The van der Waals surface area contributed by atoms with Gasteiger partial charge in [0.15, 0.2) is 0 Å². The van der Waals surface area contributed by atoms with Crippen molar-refractivity contribution in [2.75, 3.05) is 13.1 Å². The minimum absolute atomic E-state index is 0.110. The summed E-state index contributed by atoms with van der Waals surface area (Å²) in [6.45, 7) is 5.95. The van der Waals surface area contributed by atoms with Gasteiger partial charge in [0.1, 0.15) is 4.88 Å². The van der Waals surface area contributed by atoms with Crippen molar-refractivity contribution in [2.24, 2.45) is 0 Å². The van der Waals surface area contributed by atoms with Crippen LogP contribution in [0.15, 0.2) is 10.6 Å². The fraction of sp³-hybridized carbons (Fsp3) is 0.474. The van der Waals surface area contributed by atoms with Crippen LogP contribution in [0.1, 0.15) is 56.1 Å². The minimum atomic E-state index is -4.55. The van der Waals surface area contributed by atoms with Crippen molar-refractivity contribution in [3.63, 3.8) is 0 Å². The molecule has 1 saturated heterocycles. The molecule has 0 aliphatic carbocycles. The molecule has 0 aromatic carbocycles. The average molecular weight is 424 g/mol. The highest BCUT2D eigenvalue weighted by Crippen LogP contribution is 2.38. The van der Waals surface area contributed by atoms with Crippen LogP contribution in [0.3, 0.4) is 0 Å². The summed E-state index contributed by atoms with van der Waals surface area (Å²) in [5, 5.41) is 4.34. The number of fused-ring (bicyclic) bond motifs is 1. The van der Waals surface area contributed by atoms with E-state index < -0.39 is 11.7 Å². The van der Waals surface area contributed by atoms with Gasteiger partial charge in [-0.3, -0.25) is 4.79 Å². The molecule has 4 heterocycles. The minimum Gasteiger partial charge on any atom is -0.337 e. The molecular formula is C19H19F3N4O2S. The van der Waals surface area contributed by atoms with Gasteiger partial charge in [-0.05, 0) is 39.7 Å². The Hall–Kier alpha value is -2.49. The van der Waals surface area contributed by atoms with E-state index in [4.69, 9.17) is 4.52 Å². The second kappa shape index (κ2) is 7.08. The van der Waals surface area contributed by atoms with Crippen molar-refractivity contribution in [1.82, 2.24) is 20.0 Å². The Bertz CT molecular complexity index is 1090. The zero-order valence-corrected chi connectivity index (χ0v) is 16.9. The molecule has 1 atom stereocenters. The number of thiazole rings is 1. The molecule has 6 nitrogen and oxygen atoms in total. The lowest BCUT2D eigenvalue weighted by atomic mass is 9.92. The van der Waals surface area contributed by atoms with Gasteiger partial charge in [0.25, 0.3) is 11.6 Å². The second-order valence-corrected chi connectivity index (χ2v) is 8.48. The number of alkyl halides is 3. The van der Waals surface area contributed by atoms with E-state index >= 15 is 0 Å². The Morgan fingerprint density at radius 1 is 1.24 bits per heavy atom. The molecule has 4 rings (SSSR count). The standard InChI is InChI=1S/C19H19F3N4O2S/c1-9-15-13(19(20,21)22)7-14(24-17(15)28-25-9)12-5-4-6-26(8-12)18(27)16-10(2)23-11(3)29-16/h7,12H,4-6,8H2,1-3H3. The van der Waals surface area contributed by atoms with Gasteiger partial charge in [-0.2, -0.15) is 13.2 Å². The van der Waals surface area contributed by atoms with E-state index in [-0.39, 0.29) is 34.3 Å². The maximum atomic E-state index is 13.6. The molecule has 0 spiro atoms. The summed E-state index contributed by atoms with van der Waals surface area (Å²) in [4.78, 5) is 23.8. The van der Waals surface area contributed by atoms with E-state index in [0.717, 1.165) is 11.1 Å². The summed E-state index contributed by atoms with van der Waals surface area (Å²) in [5.74, 6) is -0.441. The number of likely N-dealkylation sites (tertiary alicyclic amines) is 1. The number of pyridine rings is 1. The average Bonchev–Trinajstić information content (AvgIpc) is 3.21. The lowest BCUT2D eigenvalue weighted by Crippen LogP contribution is -2.39. The van der Waals surface area contributed by atoms with Crippen LogP contribution in [-0.2, 0) is 6.18 Å². The molecule has 0 saturated carbocycles. The fourth-order valence-corrected chi connectivity index (χ4v) is 4.71. The number of halogens is 3. The predicted octanol–water partition coefficient (Wildman–Crippen LogP) is 4.64. The first-order valence-corrected chi connectivity index (χ1v) is 10.0. The van der Waals surface area contributed by atoms with E-state index in [0.29, 0.717) is 36.5 Å². The molecule has 3 aromatic heterocycles. The van der Waals surface area contributed by atoms with Gasteiger partial charge in [-0.15, -0.1) is 11.3 Å². The zero-order valence-electron chi connectivity index (χ0n) is 16.1. The number of aromatic nitrogens is 3. The number of amides is 1. The van der Waals surface area contributed by atoms with E-state index in [9.17, 15) is 18.0 Å². The third-order valence-corrected chi connectivity index (χ3v) is 6.23. The lowest BCUT2D eigenvalue weighted by Gasteiger charge is -2.32. The number of rotatable bonds is 2. The summed E-state index contributed by atoms with van der Waals surface area (Å²) in [6.07, 6.45) is -3.22.